The Morgan fingerprint density at radius 2 is 2.47 bits per heavy atom. The Hall–Kier alpha value is -0.520. The number of hydrogen-bond donors (Lipinski definition) is 1. The highest BCUT2D eigenvalue weighted by molar-refractivity contribution is 7.98. The van der Waals surface area contributed by atoms with Crippen LogP contribution in [-0.2, 0) is 17.1 Å². The summed E-state index contributed by atoms with van der Waals surface area (Å²) in [5.74, 6) is 2.84. The lowest BCUT2D eigenvalue weighted by Crippen LogP contribution is -2.03. The number of rotatable bonds is 7. The second-order valence-corrected chi connectivity index (χ2v) is 4.55. The number of aliphatic hydroxyl groups excluding tert-OH is 1. The van der Waals surface area contributed by atoms with Crippen molar-refractivity contribution in [3.05, 3.63) is 17.5 Å². The van der Waals surface area contributed by atoms with E-state index in [4.69, 9.17) is 14.4 Å². The maximum absolute atomic E-state index is 8.84. The van der Waals surface area contributed by atoms with Gasteiger partial charge in [0.15, 0.2) is 5.76 Å². The van der Waals surface area contributed by atoms with Gasteiger partial charge in [0.2, 0.25) is 0 Å². The zero-order chi connectivity index (χ0) is 11.1. The highest BCUT2D eigenvalue weighted by Gasteiger charge is 2.05. The highest BCUT2D eigenvalue weighted by Crippen LogP contribution is 2.15. The number of ether oxygens (including phenoxy) is 1. The summed E-state index contributed by atoms with van der Waals surface area (Å²) in [6.45, 7) is 2.72. The Balaban J connectivity index is 2.25. The lowest BCUT2D eigenvalue weighted by molar-refractivity contribution is 0.156. The van der Waals surface area contributed by atoms with Gasteiger partial charge in [0.25, 0.3) is 0 Å². The second-order valence-electron chi connectivity index (χ2n) is 3.52. The van der Waals surface area contributed by atoms with Crippen LogP contribution in [-0.4, -0.2) is 29.7 Å². The lowest BCUT2D eigenvalue weighted by atomic mass is 10.2. The average Bonchev–Trinajstić information content (AvgIpc) is 2.66. The molecule has 1 aromatic heterocycles. The van der Waals surface area contributed by atoms with Crippen molar-refractivity contribution in [2.24, 2.45) is 5.92 Å². The maximum atomic E-state index is 8.84. The Bertz CT molecular complexity index is 277. The van der Waals surface area contributed by atoms with E-state index in [2.05, 4.69) is 5.16 Å². The molecule has 0 spiro atoms. The summed E-state index contributed by atoms with van der Waals surface area (Å²) >= 11 is 1.75. The predicted octanol–water partition coefficient (Wildman–Crippen LogP) is 1.68. The molecular formula is C10H17NO3S. The number of thioether (sulfide) groups is 1. The van der Waals surface area contributed by atoms with Crippen molar-refractivity contribution in [3.63, 3.8) is 0 Å². The van der Waals surface area contributed by atoms with E-state index in [-0.39, 0.29) is 6.61 Å². The van der Waals surface area contributed by atoms with Gasteiger partial charge in [-0.3, -0.25) is 0 Å². The molecule has 5 heteroatoms. The van der Waals surface area contributed by atoms with Crippen LogP contribution in [0.1, 0.15) is 18.4 Å². The fourth-order valence-corrected chi connectivity index (χ4v) is 2.02. The van der Waals surface area contributed by atoms with Crippen LogP contribution in [0.25, 0.3) is 0 Å². The second kappa shape index (κ2) is 6.87. The molecule has 0 fully saturated rings. The van der Waals surface area contributed by atoms with Gasteiger partial charge >= 0.3 is 0 Å². The van der Waals surface area contributed by atoms with Crippen LogP contribution in [0, 0.1) is 5.92 Å². The first-order valence-electron chi connectivity index (χ1n) is 4.88. The first kappa shape index (κ1) is 12.5. The Morgan fingerprint density at radius 3 is 3.13 bits per heavy atom. The Morgan fingerprint density at radius 1 is 1.67 bits per heavy atom. The van der Waals surface area contributed by atoms with Gasteiger partial charge in [0, 0.05) is 25.5 Å². The molecule has 86 valence electrons. The van der Waals surface area contributed by atoms with E-state index in [1.807, 2.05) is 13.0 Å². The third-order valence-electron chi connectivity index (χ3n) is 1.86. The molecule has 0 aliphatic carbocycles. The van der Waals surface area contributed by atoms with E-state index in [0.717, 1.165) is 23.0 Å². The summed E-state index contributed by atoms with van der Waals surface area (Å²) in [6.07, 6.45) is 0. The van der Waals surface area contributed by atoms with Gasteiger partial charge < -0.3 is 14.4 Å². The average molecular weight is 231 g/mol. The van der Waals surface area contributed by atoms with E-state index >= 15 is 0 Å². The molecule has 0 aromatic carbocycles. The van der Waals surface area contributed by atoms with E-state index in [1.54, 1.807) is 18.9 Å². The number of nitrogens with zero attached hydrogens (tertiary/aromatic N) is 1. The highest BCUT2D eigenvalue weighted by atomic mass is 32.2. The van der Waals surface area contributed by atoms with Crippen molar-refractivity contribution < 1.29 is 14.4 Å². The molecule has 0 saturated carbocycles. The monoisotopic (exact) mass is 231 g/mol. The van der Waals surface area contributed by atoms with E-state index in [0.29, 0.717) is 12.5 Å². The minimum absolute atomic E-state index is 0.237. The molecular weight excluding hydrogens is 214 g/mol. The van der Waals surface area contributed by atoms with Gasteiger partial charge in [-0.1, -0.05) is 12.1 Å². The molecule has 1 atom stereocenters. The summed E-state index contributed by atoms with van der Waals surface area (Å²) < 4.78 is 9.98. The molecule has 1 unspecified atom stereocenters. The van der Waals surface area contributed by atoms with Crippen LogP contribution in [0.3, 0.4) is 0 Å². The number of hydrogen-bond acceptors (Lipinski definition) is 5. The summed E-state index contributed by atoms with van der Waals surface area (Å²) in [7, 11) is 1.62. The molecule has 4 nitrogen and oxygen atoms in total. The molecule has 0 aliphatic heterocycles. The van der Waals surface area contributed by atoms with Gasteiger partial charge in [-0.15, -0.1) is 0 Å². The zero-order valence-electron chi connectivity index (χ0n) is 9.10. The number of aliphatic hydroxyl groups is 1. The minimum atomic E-state index is 0.237. The minimum Gasteiger partial charge on any atom is -0.396 e. The smallest absolute Gasteiger partial charge is 0.162 e. The van der Waals surface area contributed by atoms with Gasteiger partial charge in [0.1, 0.15) is 6.61 Å². The lowest BCUT2D eigenvalue weighted by Gasteiger charge is -2.04. The molecule has 0 bridgehead atoms. The van der Waals surface area contributed by atoms with Gasteiger partial charge in [-0.05, 0) is 11.7 Å². The van der Waals surface area contributed by atoms with Crippen LogP contribution < -0.4 is 0 Å². The van der Waals surface area contributed by atoms with Crippen LogP contribution in [0.4, 0.5) is 0 Å². The van der Waals surface area contributed by atoms with Gasteiger partial charge in [0.05, 0.1) is 5.69 Å². The van der Waals surface area contributed by atoms with Crippen LogP contribution in [0.15, 0.2) is 10.6 Å². The van der Waals surface area contributed by atoms with Crippen molar-refractivity contribution >= 4 is 11.8 Å². The fourth-order valence-electron chi connectivity index (χ4n) is 1.05. The van der Waals surface area contributed by atoms with Crippen LogP contribution in [0.5, 0.6) is 0 Å². The summed E-state index contributed by atoms with van der Waals surface area (Å²) in [6, 6.07) is 1.90. The largest absolute Gasteiger partial charge is 0.396 e. The first-order valence-corrected chi connectivity index (χ1v) is 6.03. The third kappa shape index (κ3) is 4.68. The molecule has 1 rings (SSSR count). The molecule has 0 saturated heterocycles. The third-order valence-corrected chi connectivity index (χ3v) is 3.16. The summed E-state index contributed by atoms with van der Waals surface area (Å²) in [5.41, 5.74) is 0.928. The maximum Gasteiger partial charge on any atom is 0.162 e. The van der Waals surface area contributed by atoms with E-state index in [9.17, 15) is 0 Å². The van der Waals surface area contributed by atoms with Crippen molar-refractivity contribution in [1.29, 1.82) is 0 Å². The number of methoxy groups -OCH3 is 1. The predicted molar refractivity (Wildman–Crippen MR) is 59.6 cm³/mol. The SMILES string of the molecule is COCc1cc(CSCC(C)CO)no1. The molecule has 1 heterocycles. The summed E-state index contributed by atoms with van der Waals surface area (Å²) in [4.78, 5) is 0. The van der Waals surface area contributed by atoms with Crippen molar-refractivity contribution in [3.8, 4) is 0 Å². The standard InChI is InChI=1S/C10H17NO3S/c1-8(4-12)6-15-7-9-3-10(5-13-2)14-11-9/h3,8,12H,4-7H2,1-2H3. The van der Waals surface area contributed by atoms with Gasteiger partial charge in [-0.2, -0.15) is 11.8 Å². The van der Waals surface area contributed by atoms with Crippen LogP contribution in [0.2, 0.25) is 0 Å². The van der Waals surface area contributed by atoms with Crippen LogP contribution >= 0.6 is 11.8 Å². The molecule has 1 aromatic rings. The summed E-state index contributed by atoms with van der Waals surface area (Å²) in [5, 5.41) is 12.8. The number of aromatic nitrogens is 1. The molecule has 0 aliphatic rings. The molecule has 15 heavy (non-hydrogen) atoms. The molecule has 0 amide bonds. The Labute approximate surface area is 94.0 Å². The van der Waals surface area contributed by atoms with Gasteiger partial charge in [-0.25, -0.2) is 0 Å². The quantitative estimate of drug-likeness (QED) is 0.773. The topological polar surface area (TPSA) is 55.5 Å². The van der Waals surface area contributed by atoms with E-state index in [1.165, 1.54) is 0 Å². The molecule has 0 radical (unpaired) electrons. The van der Waals surface area contributed by atoms with Crippen molar-refractivity contribution in [2.45, 2.75) is 19.3 Å². The molecule has 1 N–H and O–H groups in total. The van der Waals surface area contributed by atoms with Crippen molar-refractivity contribution in [2.75, 3.05) is 19.5 Å². The first-order chi connectivity index (χ1) is 7.26. The Kier molecular flexibility index (Phi) is 5.75. The van der Waals surface area contributed by atoms with Crippen molar-refractivity contribution in [1.82, 2.24) is 5.16 Å². The zero-order valence-corrected chi connectivity index (χ0v) is 9.92. The van der Waals surface area contributed by atoms with E-state index < -0.39 is 0 Å². The normalized spacial score (nSPS) is 13.0. The fraction of sp³-hybridized carbons (Fsp3) is 0.700.